The fourth-order valence-corrected chi connectivity index (χ4v) is 0. The molecule has 0 saturated carbocycles. The van der Waals surface area contributed by atoms with E-state index in [2.05, 4.69) is 0 Å². The third kappa shape index (κ3) is 348. The maximum Gasteiger partial charge on any atom is 3.00 e. The Labute approximate surface area is 115 Å². The first-order chi connectivity index (χ1) is 5.20. The van der Waals surface area contributed by atoms with Gasteiger partial charge in [-0.1, -0.05) is 0 Å². The molecule has 0 atom stereocenters. The van der Waals surface area contributed by atoms with Gasteiger partial charge in [0.25, 0.3) is 63.2 Å². The molecule has 0 N–H and O–H groups in total. The van der Waals surface area contributed by atoms with Crippen LogP contribution in [0.15, 0.2) is 0 Å². The first kappa shape index (κ1) is 24.7. The van der Waals surface area contributed by atoms with Crippen LogP contribution in [0.2, 0.25) is 0 Å². The topological polar surface area (TPSA) is 208 Å². The molecule has 0 aliphatic rings. The van der Waals surface area contributed by atoms with E-state index in [0.717, 1.165) is 0 Å². The first-order valence-electron chi connectivity index (χ1n) is 1.39. The van der Waals surface area contributed by atoms with Gasteiger partial charge in [-0.2, -0.15) is 0 Å². The number of rotatable bonds is 0. The van der Waals surface area contributed by atoms with Crippen LogP contribution in [-0.2, 0) is 22.4 Å². The molecule has 9 nitrogen and oxygen atoms in total. The second-order valence-corrected chi connectivity index (χ2v) is 3.80. The van der Waals surface area contributed by atoms with Gasteiger partial charge >= 0.3 is 22.4 Å². The van der Waals surface area contributed by atoms with Gasteiger partial charge in [0.05, 0.1) is 0 Å². The SMILES string of the molecule is [Au+3].[O-][I+2]([O-])[O-].[O-][I+2]([O-])[O-].[O-][I+2]([O-])[O-]. The van der Waals surface area contributed by atoms with E-state index in [4.69, 9.17) is 30.9 Å². The Morgan fingerprint density at radius 3 is 0.385 bits per heavy atom. The van der Waals surface area contributed by atoms with Gasteiger partial charge < -0.3 is 30.9 Å². The second kappa shape index (κ2) is 20.0. The van der Waals surface area contributed by atoms with Crippen molar-refractivity contribution in [1.82, 2.24) is 0 Å². The van der Waals surface area contributed by atoms with Gasteiger partial charge in [-0.05, 0) is 0 Å². The van der Waals surface area contributed by atoms with Gasteiger partial charge in [0, 0.05) is 0 Å². The summed E-state index contributed by atoms with van der Waals surface area (Å²) in [4.78, 5) is 0. The Balaban J connectivity index is -0.0000000450. The minimum atomic E-state index is -4.01. The van der Waals surface area contributed by atoms with Crippen molar-refractivity contribution in [3.05, 3.63) is 0 Å². The molecule has 13 heavy (non-hydrogen) atoms. The summed E-state index contributed by atoms with van der Waals surface area (Å²) in [7, 11) is 0. The predicted molar refractivity (Wildman–Crippen MR) is 0 cm³/mol. The first-order valence-corrected chi connectivity index (χ1v) is 9.32. The van der Waals surface area contributed by atoms with E-state index in [1.807, 2.05) is 0 Å². The third-order valence-corrected chi connectivity index (χ3v) is 0. The fourth-order valence-electron chi connectivity index (χ4n) is 0. The Bertz CT molecular complexity index is 43.4. The van der Waals surface area contributed by atoms with Crippen LogP contribution < -0.4 is 94.1 Å². The standard InChI is InChI=1S/Au.3IO3/c;3*2-1(3)4/q+3;3*-1. The van der Waals surface area contributed by atoms with Crippen molar-refractivity contribution in [3.8, 4) is 0 Å². The van der Waals surface area contributed by atoms with Gasteiger partial charge in [-0.3, -0.25) is 0 Å². The molecule has 0 aromatic heterocycles. The zero-order valence-electron chi connectivity index (χ0n) is 5.11. The normalized spacial score (nSPS) is 8.31. The van der Waals surface area contributed by atoms with E-state index in [1.54, 1.807) is 0 Å². The van der Waals surface area contributed by atoms with E-state index in [9.17, 15) is 0 Å². The van der Waals surface area contributed by atoms with E-state index < -0.39 is 63.2 Å². The van der Waals surface area contributed by atoms with E-state index in [1.165, 1.54) is 0 Å². The van der Waals surface area contributed by atoms with Crippen LogP contribution in [-0.4, -0.2) is 0 Å². The van der Waals surface area contributed by atoms with Gasteiger partial charge in [0.1, 0.15) is 0 Å². The van der Waals surface area contributed by atoms with Crippen molar-refractivity contribution in [1.29, 1.82) is 0 Å². The number of hydrogen-bond donors (Lipinski definition) is 0. The quantitative estimate of drug-likeness (QED) is 0.172. The van der Waals surface area contributed by atoms with Crippen LogP contribution in [0.4, 0.5) is 0 Å². The van der Waals surface area contributed by atoms with Crippen molar-refractivity contribution >= 4 is 0 Å². The molecule has 0 heterocycles. The molecule has 0 unspecified atom stereocenters. The van der Waals surface area contributed by atoms with Crippen LogP contribution in [0.3, 0.4) is 0 Å². The maximum absolute atomic E-state index is 8.57. The molecule has 0 aliphatic carbocycles. The average molecular weight is 722 g/mol. The summed E-state index contributed by atoms with van der Waals surface area (Å²) in [6, 6.07) is 0. The second-order valence-electron chi connectivity index (χ2n) is 0.567. The summed E-state index contributed by atoms with van der Waals surface area (Å²) < 4.78 is 77.2. The molecule has 0 aliphatic heterocycles. The Kier molecular flexibility index (Phi) is 38.1. The Hall–Kier alpha value is 2.57. The minimum Gasteiger partial charge on any atom is -0.427 e. The molecule has 13 heteroatoms. The fraction of sp³-hybridized carbons (Fsp3) is 0. The summed E-state index contributed by atoms with van der Waals surface area (Å²) in [5.74, 6) is 0. The summed E-state index contributed by atoms with van der Waals surface area (Å²) in [6.45, 7) is 0. The maximum atomic E-state index is 8.57. The van der Waals surface area contributed by atoms with Crippen molar-refractivity contribution in [2.24, 2.45) is 0 Å². The molecule has 0 spiro atoms. The largest absolute Gasteiger partial charge is 3.00 e. The van der Waals surface area contributed by atoms with Crippen molar-refractivity contribution in [2.75, 3.05) is 0 Å². The van der Waals surface area contributed by atoms with Crippen LogP contribution in [0, 0.1) is 0 Å². The Morgan fingerprint density at radius 2 is 0.385 bits per heavy atom. The number of hydrogen-bond acceptors (Lipinski definition) is 9. The Morgan fingerprint density at radius 1 is 0.385 bits per heavy atom. The average Bonchev–Trinajstić information content (AvgIpc) is 1.54. The molecule has 0 bridgehead atoms. The molecule has 0 aromatic carbocycles. The number of halogens is 3. The van der Waals surface area contributed by atoms with Crippen LogP contribution >= 0.6 is 0 Å². The molecule has 0 saturated heterocycles. The molecule has 0 radical (unpaired) electrons. The molecule has 0 amide bonds. The van der Waals surface area contributed by atoms with Gasteiger partial charge in [-0.25, -0.2) is 0 Å². The molecule has 0 aromatic rings. The summed E-state index contributed by atoms with van der Waals surface area (Å²) in [5, 5.41) is 0. The van der Waals surface area contributed by atoms with Crippen LogP contribution in [0.25, 0.3) is 0 Å². The summed E-state index contributed by atoms with van der Waals surface area (Å²) in [5.41, 5.74) is 0. The smallest absolute Gasteiger partial charge is 0.427 e. The zero-order chi connectivity index (χ0) is 10.7. The van der Waals surface area contributed by atoms with Crippen molar-refractivity contribution < 1.29 is 116 Å². The zero-order valence-corrected chi connectivity index (χ0v) is 13.7. The van der Waals surface area contributed by atoms with Crippen LogP contribution in [0.5, 0.6) is 0 Å². The molecule has 0 fully saturated rings. The predicted octanol–water partition coefficient (Wildman–Crippen LogP) is -19.7. The van der Waals surface area contributed by atoms with E-state index in [0.29, 0.717) is 0 Å². The van der Waals surface area contributed by atoms with Gasteiger partial charge in [0.15, 0.2) is 0 Å². The van der Waals surface area contributed by atoms with E-state index >= 15 is 0 Å². The molecule has 86 valence electrons. The molecular formula is AuI3O9. The third-order valence-electron chi connectivity index (χ3n) is 0. The van der Waals surface area contributed by atoms with Crippen molar-refractivity contribution in [2.45, 2.75) is 0 Å². The summed E-state index contributed by atoms with van der Waals surface area (Å²) >= 11 is -12.0. The van der Waals surface area contributed by atoms with Gasteiger partial charge in [-0.15, -0.1) is 0 Å². The minimum absolute atomic E-state index is 0. The summed E-state index contributed by atoms with van der Waals surface area (Å²) in [6.07, 6.45) is 0. The van der Waals surface area contributed by atoms with Crippen molar-refractivity contribution in [3.63, 3.8) is 0 Å². The van der Waals surface area contributed by atoms with E-state index in [-0.39, 0.29) is 22.4 Å². The van der Waals surface area contributed by atoms with Crippen LogP contribution in [0.1, 0.15) is 0 Å². The molecule has 0 rings (SSSR count). The molecular weight excluding hydrogens is 722 g/mol. The monoisotopic (exact) mass is 722 g/mol. The van der Waals surface area contributed by atoms with Gasteiger partial charge in [0.2, 0.25) is 0 Å².